The molecule has 2 aromatic heterocycles. The number of nitrogens with zero attached hydrogens (tertiary/aromatic N) is 2. The van der Waals surface area contributed by atoms with E-state index in [0.29, 0.717) is 16.6 Å². The highest BCUT2D eigenvalue weighted by molar-refractivity contribution is 7.14. The first-order valence-corrected chi connectivity index (χ1v) is 16.3. The fraction of sp³-hybridized carbons (Fsp3) is 0.361. The molecular weight excluding hydrogens is 584 g/mol. The second-order valence-electron chi connectivity index (χ2n) is 12.8. The molecule has 1 aliphatic rings. The molecule has 0 bridgehead atoms. The highest BCUT2D eigenvalue weighted by Crippen LogP contribution is 2.35. The molecule has 5 rings (SSSR count). The van der Waals surface area contributed by atoms with Gasteiger partial charge in [-0.15, -0.1) is 11.3 Å². The summed E-state index contributed by atoms with van der Waals surface area (Å²) in [6, 6.07) is 17.8. The summed E-state index contributed by atoms with van der Waals surface area (Å²) in [5.41, 5.74) is 4.95. The monoisotopic (exact) mass is 624 g/mol. The number of thiophene rings is 1. The van der Waals surface area contributed by atoms with Crippen LogP contribution in [0.2, 0.25) is 0 Å². The van der Waals surface area contributed by atoms with Crippen molar-refractivity contribution in [1.29, 1.82) is 0 Å². The van der Waals surface area contributed by atoms with Gasteiger partial charge in [-0.1, -0.05) is 82.1 Å². The maximum Gasteiger partial charge on any atom is 0.325 e. The first-order valence-electron chi connectivity index (χ1n) is 15.4. The van der Waals surface area contributed by atoms with Crippen LogP contribution >= 0.6 is 11.3 Å². The average Bonchev–Trinajstić information content (AvgIpc) is 3.75. The molecule has 8 nitrogen and oxygen atoms in total. The van der Waals surface area contributed by atoms with Gasteiger partial charge < -0.3 is 15.7 Å². The van der Waals surface area contributed by atoms with Crippen molar-refractivity contribution >= 4 is 29.1 Å². The molecule has 1 aliphatic carbocycles. The predicted molar refractivity (Wildman–Crippen MR) is 177 cm³/mol. The van der Waals surface area contributed by atoms with Gasteiger partial charge in [0, 0.05) is 34.8 Å². The molecule has 9 heteroatoms. The minimum absolute atomic E-state index is 0.108. The van der Waals surface area contributed by atoms with Gasteiger partial charge in [0.05, 0.1) is 4.88 Å². The van der Waals surface area contributed by atoms with Crippen molar-refractivity contribution in [2.45, 2.75) is 83.2 Å². The Hall–Kier alpha value is -4.37. The standard InChI is InChI=1S/C36H40N4O4S/c1-22(35(43)44)39-33(41)29(40-34(42)30-17-18-31(45-30)36(2,3)4)19-23-9-11-27(12-10-23)32-37-20-28(21-38-32)26-15-13-25(14-16-26)24-7-5-6-8-24/h9-18,20-22,24,29H,5-8,19H2,1-4H3,(H,39,41)(H,40,42)(H,43,44)/t22-,29+/m1/s1. The SMILES string of the molecule is C[C@@H](NC(=O)[C@H](Cc1ccc(-c2ncc(-c3ccc(C4CCCC4)cc3)cn2)cc1)NC(=O)c1ccc(C(C)(C)C)s1)C(=O)O. The average molecular weight is 625 g/mol. The van der Waals surface area contributed by atoms with Crippen LogP contribution in [0, 0.1) is 0 Å². The van der Waals surface area contributed by atoms with E-state index in [9.17, 15) is 19.5 Å². The number of aromatic nitrogens is 2. The highest BCUT2D eigenvalue weighted by Gasteiger charge is 2.26. The van der Waals surface area contributed by atoms with Crippen LogP contribution in [0.25, 0.3) is 22.5 Å². The second-order valence-corrected chi connectivity index (χ2v) is 13.9. The van der Waals surface area contributed by atoms with Crippen LogP contribution in [0.3, 0.4) is 0 Å². The van der Waals surface area contributed by atoms with Crippen molar-refractivity contribution in [1.82, 2.24) is 20.6 Å². The minimum atomic E-state index is -1.15. The Balaban J connectivity index is 1.27. The summed E-state index contributed by atoms with van der Waals surface area (Å²) in [6.45, 7) is 7.60. The summed E-state index contributed by atoms with van der Waals surface area (Å²) in [4.78, 5) is 48.4. The lowest BCUT2D eigenvalue weighted by Gasteiger charge is -2.20. The fourth-order valence-electron chi connectivity index (χ4n) is 5.54. The number of carboxylic acid groups (broad SMARTS) is 1. The van der Waals surface area contributed by atoms with Gasteiger partial charge in [-0.2, -0.15) is 0 Å². The van der Waals surface area contributed by atoms with E-state index in [4.69, 9.17) is 0 Å². The molecular formula is C36H40N4O4S. The van der Waals surface area contributed by atoms with Gasteiger partial charge in [0.15, 0.2) is 5.82 Å². The zero-order valence-corrected chi connectivity index (χ0v) is 27.0. The minimum Gasteiger partial charge on any atom is -0.480 e. The van der Waals surface area contributed by atoms with Gasteiger partial charge in [0.2, 0.25) is 5.91 Å². The van der Waals surface area contributed by atoms with E-state index < -0.39 is 24.0 Å². The van der Waals surface area contributed by atoms with Crippen molar-refractivity contribution in [3.63, 3.8) is 0 Å². The number of carboxylic acids is 1. The van der Waals surface area contributed by atoms with Crippen molar-refractivity contribution in [2.24, 2.45) is 0 Å². The highest BCUT2D eigenvalue weighted by atomic mass is 32.1. The van der Waals surface area contributed by atoms with E-state index >= 15 is 0 Å². The van der Waals surface area contributed by atoms with Crippen LogP contribution in [0.5, 0.6) is 0 Å². The van der Waals surface area contributed by atoms with E-state index in [1.165, 1.54) is 49.5 Å². The zero-order valence-electron chi connectivity index (χ0n) is 26.2. The largest absolute Gasteiger partial charge is 0.480 e. The molecule has 2 heterocycles. The molecule has 234 valence electrons. The number of carbonyl (C=O) groups is 3. The maximum absolute atomic E-state index is 13.1. The Bertz CT molecular complexity index is 1630. The van der Waals surface area contributed by atoms with Crippen LogP contribution in [-0.4, -0.2) is 44.9 Å². The van der Waals surface area contributed by atoms with Gasteiger partial charge in [-0.05, 0) is 59.9 Å². The smallest absolute Gasteiger partial charge is 0.325 e. The number of carbonyl (C=O) groups excluding carboxylic acids is 2. The predicted octanol–water partition coefficient (Wildman–Crippen LogP) is 6.76. The van der Waals surface area contributed by atoms with E-state index in [1.807, 2.05) is 42.7 Å². The molecule has 3 N–H and O–H groups in total. The molecule has 0 saturated heterocycles. The molecule has 2 atom stereocenters. The molecule has 0 spiro atoms. The van der Waals surface area contributed by atoms with Crippen LogP contribution in [-0.2, 0) is 21.4 Å². The molecule has 0 aliphatic heterocycles. The lowest BCUT2D eigenvalue weighted by molar-refractivity contribution is -0.141. The third kappa shape index (κ3) is 8.02. The number of hydrogen-bond acceptors (Lipinski definition) is 6. The Morgan fingerprint density at radius 1 is 0.867 bits per heavy atom. The van der Waals surface area contributed by atoms with Crippen LogP contribution in [0.15, 0.2) is 73.1 Å². The number of aliphatic carboxylic acids is 1. The Kier molecular flexibility index (Phi) is 9.77. The number of nitrogens with one attached hydrogen (secondary N) is 2. The lowest BCUT2D eigenvalue weighted by atomic mass is 9.95. The summed E-state index contributed by atoms with van der Waals surface area (Å²) in [5.74, 6) is -0.837. The summed E-state index contributed by atoms with van der Waals surface area (Å²) in [5, 5.41) is 14.6. The van der Waals surface area contributed by atoms with Crippen LogP contribution in [0.1, 0.15) is 85.0 Å². The summed E-state index contributed by atoms with van der Waals surface area (Å²) in [6.07, 6.45) is 9.01. The van der Waals surface area contributed by atoms with E-state index in [0.717, 1.165) is 27.1 Å². The molecule has 4 aromatic rings. The normalized spacial score (nSPS) is 14.9. The molecule has 45 heavy (non-hydrogen) atoms. The molecule has 0 radical (unpaired) electrons. The molecule has 2 amide bonds. The van der Waals surface area contributed by atoms with Gasteiger partial charge in [0.1, 0.15) is 12.1 Å². The Morgan fingerprint density at radius 3 is 2.07 bits per heavy atom. The van der Waals surface area contributed by atoms with Crippen LogP contribution in [0.4, 0.5) is 0 Å². The Morgan fingerprint density at radius 2 is 1.49 bits per heavy atom. The van der Waals surface area contributed by atoms with E-state index in [2.05, 4.69) is 65.6 Å². The molecule has 1 fully saturated rings. The molecule has 0 unspecified atom stereocenters. The number of rotatable bonds is 10. The fourth-order valence-corrected chi connectivity index (χ4v) is 6.50. The first-order chi connectivity index (χ1) is 21.5. The van der Waals surface area contributed by atoms with E-state index in [-0.39, 0.29) is 17.7 Å². The van der Waals surface area contributed by atoms with Crippen molar-refractivity contribution < 1.29 is 19.5 Å². The van der Waals surface area contributed by atoms with Gasteiger partial charge in [-0.3, -0.25) is 14.4 Å². The third-order valence-corrected chi connectivity index (χ3v) is 9.80. The zero-order chi connectivity index (χ0) is 32.1. The van der Waals surface area contributed by atoms with Crippen LogP contribution < -0.4 is 10.6 Å². The topological polar surface area (TPSA) is 121 Å². The van der Waals surface area contributed by atoms with Crippen molar-refractivity contribution in [2.75, 3.05) is 0 Å². The van der Waals surface area contributed by atoms with Crippen molar-refractivity contribution in [3.8, 4) is 22.5 Å². The second kappa shape index (κ2) is 13.7. The quantitative estimate of drug-likeness (QED) is 0.179. The summed E-state index contributed by atoms with van der Waals surface area (Å²) in [7, 11) is 0. The van der Waals surface area contributed by atoms with Gasteiger partial charge in [0.25, 0.3) is 5.91 Å². The lowest BCUT2D eigenvalue weighted by Crippen LogP contribution is -2.51. The third-order valence-electron chi connectivity index (χ3n) is 8.29. The number of benzene rings is 2. The number of amides is 2. The Labute approximate surface area is 268 Å². The summed E-state index contributed by atoms with van der Waals surface area (Å²) < 4.78 is 0. The van der Waals surface area contributed by atoms with E-state index in [1.54, 1.807) is 6.07 Å². The van der Waals surface area contributed by atoms with Crippen molar-refractivity contribution in [3.05, 3.63) is 93.9 Å². The first kappa shape index (κ1) is 32.0. The number of hydrogen-bond donors (Lipinski definition) is 3. The van der Waals surface area contributed by atoms with Gasteiger partial charge in [-0.25, -0.2) is 9.97 Å². The maximum atomic E-state index is 13.1. The molecule has 2 aromatic carbocycles. The molecule has 1 saturated carbocycles. The van der Waals surface area contributed by atoms with Gasteiger partial charge >= 0.3 is 5.97 Å². The summed E-state index contributed by atoms with van der Waals surface area (Å²) >= 11 is 1.38.